The van der Waals surface area contributed by atoms with Gasteiger partial charge in [0.05, 0.1) is 17.1 Å². The molecule has 1 aliphatic rings. The molecule has 1 atom stereocenters. The molecule has 22 heavy (non-hydrogen) atoms. The first kappa shape index (κ1) is 13.4. The van der Waals surface area contributed by atoms with Crippen molar-refractivity contribution in [3.8, 4) is 11.4 Å². The van der Waals surface area contributed by atoms with Crippen molar-refractivity contribution in [1.82, 2.24) is 14.5 Å². The van der Waals surface area contributed by atoms with Crippen LogP contribution in [0.3, 0.4) is 0 Å². The minimum Gasteiger partial charge on any atom is -0.389 e. The molecule has 112 valence electrons. The third kappa shape index (κ3) is 2.18. The lowest BCUT2D eigenvalue weighted by Crippen LogP contribution is -1.99. The minimum absolute atomic E-state index is 0.253. The van der Waals surface area contributed by atoms with Gasteiger partial charge in [0.1, 0.15) is 11.6 Å². The highest BCUT2D eigenvalue weighted by Gasteiger charge is 2.29. The highest BCUT2D eigenvalue weighted by atomic mass is 19.1. The summed E-state index contributed by atoms with van der Waals surface area (Å²) in [4.78, 5) is 8.86. The Morgan fingerprint density at radius 3 is 2.82 bits per heavy atom. The number of benzene rings is 1. The Bertz CT molecular complexity index is 852. The summed E-state index contributed by atoms with van der Waals surface area (Å²) in [5, 5.41) is 9.75. The topological polar surface area (TPSA) is 50.9 Å². The number of aromatic nitrogens is 3. The third-order valence-electron chi connectivity index (χ3n) is 4.06. The Balaban J connectivity index is 1.94. The van der Waals surface area contributed by atoms with E-state index in [-0.39, 0.29) is 5.82 Å². The van der Waals surface area contributed by atoms with Crippen molar-refractivity contribution in [3.05, 3.63) is 48.0 Å². The number of fused-ring (bicyclic) bond motifs is 1. The second-order valence-electron chi connectivity index (χ2n) is 5.85. The first-order chi connectivity index (χ1) is 10.6. The number of pyridine rings is 1. The van der Waals surface area contributed by atoms with Gasteiger partial charge in [-0.1, -0.05) is 0 Å². The molecule has 1 aliphatic carbocycles. The van der Waals surface area contributed by atoms with Crippen molar-refractivity contribution < 1.29 is 9.50 Å². The Kier molecular flexibility index (Phi) is 2.97. The van der Waals surface area contributed by atoms with Crippen LogP contribution in [0.15, 0.2) is 36.7 Å². The molecule has 1 fully saturated rings. The molecule has 1 saturated carbocycles. The highest BCUT2D eigenvalue weighted by molar-refractivity contribution is 5.81. The molecular weight excluding hydrogens is 281 g/mol. The molecule has 3 aromatic rings. The van der Waals surface area contributed by atoms with Crippen LogP contribution >= 0.6 is 0 Å². The number of imidazole rings is 1. The molecule has 5 heteroatoms. The van der Waals surface area contributed by atoms with E-state index in [1.54, 1.807) is 25.4 Å². The average molecular weight is 297 g/mol. The van der Waals surface area contributed by atoms with E-state index in [0.717, 1.165) is 40.8 Å². The van der Waals surface area contributed by atoms with Crippen molar-refractivity contribution in [1.29, 1.82) is 0 Å². The second-order valence-corrected chi connectivity index (χ2v) is 5.85. The zero-order valence-electron chi connectivity index (χ0n) is 12.2. The summed E-state index contributed by atoms with van der Waals surface area (Å²) >= 11 is 0. The van der Waals surface area contributed by atoms with Crippen molar-refractivity contribution in [2.24, 2.45) is 0 Å². The number of aliphatic hydroxyl groups is 1. The molecule has 1 N–H and O–H groups in total. The summed E-state index contributed by atoms with van der Waals surface area (Å²) in [6, 6.07) is 6.95. The summed E-state index contributed by atoms with van der Waals surface area (Å²) in [7, 11) is 0. The number of rotatable bonds is 3. The molecule has 1 aromatic carbocycles. The van der Waals surface area contributed by atoms with Crippen LogP contribution in [0.5, 0.6) is 0 Å². The Labute approximate surface area is 127 Å². The van der Waals surface area contributed by atoms with Crippen LogP contribution in [0.2, 0.25) is 0 Å². The smallest absolute Gasteiger partial charge is 0.142 e. The molecule has 4 rings (SSSR count). The molecule has 0 aliphatic heterocycles. The lowest BCUT2D eigenvalue weighted by atomic mass is 10.1. The van der Waals surface area contributed by atoms with Crippen molar-refractivity contribution in [2.75, 3.05) is 0 Å². The van der Waals surface area contributed by atoms with Gasteiger partial charge in [-0.05, 0) is 49.6 Å². The number of halogens is 1. The van der Waals surface area contributed by atoms with E-state index >= 15 is 0 Å². The fraction of sp³-hybridized carbons (Fsp3) is 0.294. The van der Waals surface area contributed by atoms with Crippen molar-refractivity contribution >= 4 is 11.0 Å². The van der Waals surface area contributed by atoms with Crippen molar-refractivity contribution in [2.45, 2.75) is 31.9 Å². The van der Waals surface area contributed by atoms with Crippen LogP contribution in [0.4, 0.5) is 4.39 Å². The van der Waals surface area contributed by atoms with Crippen LogP contribution in [-0.4, -0.2) is 19.6 Å². The maximum atomic E-state index is 13.6. The number of hydrogen-bond acceptors (Lipinski definition) is 3. The summed E-state index contributed by atoms with van der Waals surface area (Å²) in [6.45, 7) is 1.71. The summed E-state index contributed by atoms with van der Waals surface area (Å²) in [5.74, 6) is 0.537. The first-order valence-corrected chi connectivity index (χ1v) is 7.44. The van der Waals surface area contributed by atoms with E-state index in [0.29, 0.717) is 6.04 Å². The number of aliphatic hydroxyl groups excluding tert-OH is 1. The van der Waals surface area contributed by atoms with E-state index in [1.807, 2.05) is 6.07 Å². The highest BCUT2D eigenvalue weighted by Crippen LogP contribution is 2.41. The molecule has 0 radical (unpaired) electrons. The molecule has 2 aromatic heterocycles. The number of nitrogens with zero attached hydrogens (tertiary/aromatic N) is 3. The predicted octanol–water partition coefficient (Wildman–Crippen LogP) is 3.63. The van der Waals surface area contributed by atoms with Crippen LogP contribution in [-0.2, 0) is 0 Å². The second kappa shape index (κ2) is 4.88. The maximum Gasteiger partial charge on any atom is 0.142 e. The van der Waals surface area contributed by atoms with E-state index in [2.05, 4.69) is 14.5 Å². The monoisotopic (exact) mass is 297 g/mol. The van der Waals surface area contributed by atoms with E-state index in [9.17, 15) is 9.50 Å². The largest absolute Gasteiger partial charge is 0.389 e. The Hall–Kier alpha value is -2.27. The zero-order chi connectivity index (χ0) is 15.3. The molecule has 1 unspecified atom stereocenters. The van der Waals surface area contributed by atoms with Crippen molar-refractivity contribution in [3.63, 3.8) is 0 Å². The van der Waals surface area contributed by atoms with Gasteiger partial charge in [-0.3, -0.25) is 4.98 Å². The minimum atomic E-state index is -0.580. The van der Waals surface area contributed by atoms with E-state index < -0.39 is 6.10 Å². The lowest BCUT2D eigenvalue weighted by molar-refractivity contribution is 0.199. The fourth-order valence-corrected chi connectivity index (χ4v) is 2.78. The maximum absolute atomic E-state index is 13.6. The molecule has 0 saturated heterocycles. The molecule has 0 bridgehead atoms. The Morgan fingerprint density at radius 1 is 1.27 bits per heavy atom. The lowest BCUT2D eigenvalue weighted by Gasteiger charge is -2.09. The molecule has 0 spiro atoms. The van der Waals surface area contributed by atoms with Gasteiger partial charge < -0.3 is 9.67 Å². The standard InChI is InChI=1S/C17H16FN3O/c1-10(22)11-6-12(9-19-8-11)17-20-15-5-2-13(18)7-16(15)21(17)14-3-4-14/h2,5-10,14,22H,3-4H2,1H3. The molecular formula is C17H16FN3O. The van der Waals surface area contributed by atoms with Gasteiger partial charge in [0, 0.05) is 24.0 Å². The zero-order valence-corrected chi connectivity index (χ0v) is 12.2. The normalized spacial score (nSPS) is 16.1. The number of hydrogen-bond donors (Lipinski definition) is 1. The van der Waals surface area contributed by atoms with Gasteiger partial charge in [-0.15, -0.1) is 0 Å². The first-order valence-electron chi connectivity index (χ1n) is 7.44. The van der Waals surface area contributed by atoms with Crippen LogP contribution in [0, 0.1) is 5.82 Å². The average Bonchev–Trinajstić information content (AvgIpc) is 3.28. The van der Waals surface area contributed by atoms with E-state index in [1.165, 1.54) is 12.1 Å². The van der Waals surface area contributed by atoms with Gasteiger partial charge in [-0.2, -0.15) is 0 Å². The molecule has 2 heterocycles. The van der Waals surface area contributed by atoms with Gasteiger partial charge >= 0.3 is 0 Å². The summed E-state index contributed by atoms with van der Waals surface area (Å²) in [6.07, 6.45) is 4.97. The van der Waals surface area contributed by atoms with Gasteiger partial charge in [-0.25, -0.2) is 9.37 Å². The van der Waals surface area contributed by atoms with Crippen LogP contribution in [0.1, 0.15) is 37.5 Å². The predicted molar refractivity (Wildman–Crippen MR) is 81.8 cm³/mol. The Morgan fingerprint density at radius 2 is 2.09 bits per heavy atom. The van der Waals surface area contributed by atoms with Crippen LogP contribution < -0.4 is 0 Å². The van der Waals surface area contributed by atoms with Crippen LogP contribution in [0.25, 0.3) is 22.4 Å². The van der Waals surface area contributed by atoms with E-state index in [4.69, 9.17) is 0 Å². The molecule has 4 nitrogen and oxygen atoms in total. The summed E-state index contributed by atoms with van der Waals surface area (Å²) in [5.41, 5.74) is 3.20. The third-order valence-corrected chi connectivity index (χ3v) is 4.06. The molecule has 0 amide bonds. The SMILES string of the molecule is CC(O)c1cncc(-c2nc3ccc(F)cc3n2C2CC2)c1. The van der Waals surface area contributed by atoms with Gasteiger partial charge in [0.15, 0.2) is 0 Å². The summed E-state index contributed by atoms with van der Waals surface area (Å²) < 4.78 is 15.7. The van der Waals surface area contributed by atoms with Gasteiger partial charge in [0.2, 0.25) is 0 Å². The quantitative estimate of drug-likeness (QED) is 0.803. The van der Waals surface area contributed by atoms with Gasteiger partial charge in [0.25, 0.3) is 0 Å². The fourth-order valence-electron chi connectivity index (χ4n) is 2.78.